The predicted octanol–water partition coefficient (Wildman–Crippen LogP) is 3.58. The van der Waals surface area contributed by atoms with E-state index in [0.717, 1.165) is 0 Å². The number of hydrogen-bond donors (Lipinski definition) is 1. The summed E-state index contributed by atoms with van der Waals surface area (Å²) in [6.07, 6.45) is 0. The summed E-state index contributed by atoms with van der Waals surface area (Å²) >= 11 is 5.50. The van der Waals surface area contributed by atoms with E-state index < -0.39 is 0 Å². The van der Waals surface area contributed by atoms with Crippen LogP contribution in [0.4, 0.5) is 0 Å². The summed E-state index contributed by atoms with van der Waals surface area (Å²) < 4.78 is 1.18. The standard InChI is InChI=1S/C11H14BrNS/c1-6-7(2)14-11-8(10(6)13)4-3-5-9(11)12/h3-7,10H,13H2,1-2H3. The molecule has 2 rings (SSSR count). The summed E-state index contributed by atoms with van der Waals surface area (Å²) in [5.74, 6) is 0.543. The Kier molecular flexibility index (Phi) is 2.91. The molecule has 76 valence electrons. The monoisotopic (exact) mass is 271 g/mol. The number of rotatable bonds is 0. The van der Waals surface area contributed by atoms with Gasteiger partial charge in [-0.15, -0.1) is 11.8 Å². The lowest BCUT2D eigenvalue weighted by Crippen LogP contribution is -2.30. The first-order valence-electron chi connectivity index (χ1n) is 4.82. The Hall–Kier alpha value is 0.01000. The Labute approximate surface area is 97.6 Å². The number of nitrogens with two attached hydrogens (primary N) is 1. The third-order valence-electron chi connectivity index (χ3n) is 2.97. The first-order valence-corrected chi connectivity index (χ1v) is 6.49. The smallest absolute Gasteiger partial charge is 0.0343 e. The fourth-order valence-corrected chi connectivity index (χ4v) is 3.72. The predicted molar refractivity (Wildman–Crippen MR) is 65.6 cm³/mol. The van der Waals surface area contributed by atoms with Gasteiger partial charge in [0.05, 0.1) is 0 Å². The maximum atomic E-state index is 6.22. The average Bonchev–Trinajstić information content (AvgIpc) is 2.17. The Bertz CT molecular complexity index is 353. The van der Waals surface area contributed by atoms with Crippen LogP contribution < -0.4 is 5.73 Å². The maximum absolute atomic E-state index is 6.22. The van der Waals surface area contributed by atoms with Crippen molar-refractivity contribution in [3.63, 3.8) is 0 Å². The van der Waals surface area contributed by atoms with Gasteiger partial charge in [-0.1, -0.05) is 26.0 Å². The molecule has 1 aromatic carbocycles. The molecule has 0 bridgehead atoms. The van der Waals surface area contributed by atoms with Crippen LogP contribution in [0.25, 0.3) is 0 Å². The molecule has 0 fully saturated rings. The van der Waals surface area contributed by atoms with Crippen molar-refractivity contribution in [3.05, 3.63) is 28.2 Å². The summed E-state index contributed by atoms with van der Waals surface area (Å²) in [4.78, 5) is 1.32. The van der Waals surface area contributed by atoms with E-state index in [1.54, 1.807) is 0 Å². The van der Waals surface area contributed by atoms with E-state index in [4.69, 9.17) is 5.73 Å². The molecular weight excluding hydrogens is 258 g/mol. The highest BCUT2D eigenvalue weighted by Gasteiger charge is 2.30. The summed E-state index contributed by atoms with van der Waals surface area (Å²) in [6.45, 7) is 4.48. The quantitative estimate of drug-likeness (QED) is 0.781. The normalized spacial score (nSPS) is 31.3. The van der Waals surface area contributed by atoms with Crippen LogP contribution in [0.2, 0.25) is 0 Å². The first kappa shape index (κ1) is 10.5. The van der Waals surface area contributed by atoms with Gasteiger partial charge in [-0.3, -0.25) is 0 Å². The van der Waals surface area contributed by atoms with Crippen LogP contribution >= 0.6 is 27.7 Å². The maximum Gasteiger partial charge on any atom is 0.0343 e. The minimum absolute atomic E-state index is 0.179. The second kappa shape index (κ2) is 3.87. The molecule has 1 aliphatic heterocycles. The largest absolute Gasteiger partial charge is 0.324 e. The van der Waals surface area contributed by atoms with E-state index in [-0.39, 0.29) is 6.04 Å². The number of benzene rings is 1. The molecule has 3 heteroatoms. The number of hydrogen-bond acceptors (Lipinski definition) is 2. The summed E-state index contributed by atoms with van der Waals surface area (Å²) in [7, 11) is 0. The Morgan fingerprint density at radius 3 is 2.79 bits per heavy atom. The van der Waals surface area contributed by atoms with Crippen molar-refractivity contribution in [2.24, 2.45) is 11.7 Å². The molecule has 0 saturated carbocycles. The third kappa shape index (κ3) is 1.62. The van der Waals surface area contributed by atoms with Crippen LogP contribution in [0.1, 0.15) is 25.5 Å². The molecule has 1 aromatic rings. The zero-order valence-electron chi connectivity index (χ0n) is 8.33. The van der Waals surface area contributed by atoms with Crippen molar-refractivity contribution in [1.82, 2.24) is 0 Å². The van der Waals surface area contributed by atoms with Gasteiger partial charge in [-0.25, -0.2) is 0 Å². The molecule has 0 aliphatic carbocycles. The SMILES string of the molecule is CC1Sc2c(Br)cccc2C(N)C1C. The lowest BCUT2D eigenvalue weighted by molar-refractivity contribution is 0.452. The molecule has 0 aromatic heterocycles. The van der Waals surface area contributed by atoms with Crippen LogP contribution in [-0.4, -0.2) is 5.25 Å². The van der Waals surface area contributed by atoms with Crippen molar-refractivity contribution in [3.8, 4) is 0 Å². The van der Waals surface area contributed by atoms with Crippen molar-refractivity contribution in [2.75, 3.05) is 0 Å². The van der Waals surface area contributed by atoms with Crippen LogP contribution in [0, 0.1) is 5.92 Å². The summed E-state index contributed by atoms with van der Waals surface area (Å²) in [6, 6.07) is 6.46. The molecule has 0 radical (unpaired) electrons. The van der Waals surface area contributed by atoms with E-state index in [1.165, 1.54) is 14.9 Å². The number of halogens is 1. The molecule has 0 amide bonds. The van der Waals surface area contributed by atoms with Crippen LogP contribution in [0.5, 0.6) is 0 Å². The van der Waals surface area contributed by atoms with Crippen molar-refractivity contribution in [1.29, 1.82) is 0 Å². The minimum Gasteiger partial charge on any atom is -0.324 e. The van der Waals surface area contributed by atoms with Gasteiger partial charge in [0.15, 0.2) is 0 Å². The van der Waals surface area contributed by atoms with Gasteiger partial charge in [-0.2, -0.15) is 0 Å². The molecule has 1 heterocycles. The van der Waals surface area contributed by atoms with Crippen molar-refractivity contribution >= 4 is 27.7 Å². The van der Waals surface area contributed by atoms with Crippen molar-refractivity contribution < 1.29 is 0 Å². The lowest BCUT2D eigenvalue weighted by atomic mass is 9.92. The van der Waals surface area contributed by atoms with Gasteiger partial charge in [0, 0.05) is 20.7 Å². The molecule has 3 atom stereocenters. The first-order chi connectivity index (χ1) is 6.61. The fraction of sp³-hybridized carbons (Fsp3) is 0.455. The molecule has 3 unspecified atom stereocenters. The fourth-order valence-electron chi connectivity index (χ4n) is 1.78. The average molecular weight is 272 g/mol. The highest BCUT2D eigenvalue weighted by atomic mass is 79.9. The summed E-state index contributed by atoms with van der Waals surface area (Å²) in [5, 5.41) is 0.594. The molecule has 1 nitrogen and oxygen atoms in total. The second-order valence-corrected chi connectivity index (χ2v) is 6.11. The van der Waals surface area contributed by atoms with E-state index in [9.17, 15) is 0 Å². The van der Waals surface area contributed by atoms with Gasteiger partial charge in [0.1, 0.15) is 0 Å². The molecule has 2 N–H and O–H groups in total. The number of fused-ring (bicyclic) bond motifs is 1. The van der Waals surface area contributed by atoms with Gasteiger partial charge in [0.2, 0.25) is 0 Å². The van der Waals surface area contributed by atoms with Crippen LogP contribution in [0.3, 0.4) is 0 Å². The Morgan fingerprint density at radius 1 is 1.36 bits per heavy atom. The molecule has 14 heavy (non-hydrogen) atoms. The molecule has 0 saturated heterocycles. The van der Waals surface area contributed by atoms with Gasteiger partial charge < -0.3 is 5.73 Å². The number of thioether (sulfide) groups is 1. The van der Waals surface area contributed by atoms with E-state index in [1.807, 2.05) is 11.8 Å². The minimum atomic E-state index is 0.179. The van der Waals surface area contributed by atoms with Crippen molar-refractivity contribution in [2.45, 2.75) is 30.0 Å². The molecule has 1 aliphatic rings. The van der Waals surface area contributed by atoms with E-state index in [2.05, 4.69) is 48.0 Å². The molecular formula is C11H14BrNS. The third-order valence-corrected chi connectivity index (χ3v) is 5.38. The van der Waals surface area contributed by atoms with E-state index >= 15 is 0 Å². The van der Waals surface area contributed by atoms with Gasteiger partial charge in [0.25, 0.3) is 0 Å². The van der Waals surface area contributed by atoms with Crippen LogP contribution in [0.15, 0.2) is 27.6 Å². The van der Waals surface area contributed by atoms with E-state index in [0.29, 0.717) is 11.2 Å². The topological polar surface area (TPSA) is 26.0 Å². The Balaban J connectivity index is 2.50. The van der Waals surface area contributed by atoms with Gasteiger partial charge >= 0.3 is 0 Å². The summed E-state index contributed by atoms with van der Waals surface area (Å²) in [5.41, 5.74) is 7.50. The highest BCUT2D eigenvalue weighted by Crippen LogP contribution is 2.45. The zero-order chi connectivity index (χ0) is 10.3. The van der Waals surface area contributed by atoms with Gasteiger partial charge in [-0.05, 0) is 33.5 Å². The molecule has 0 spiro atoms. The second-order valence-electron chi connectivity index (χ2n) is 3.87. The zero-order valence-corrected chi connectivity index (χ0v) is 10.7. The highest BCUT2D eigenvalue weighted by molar-refractivity contribution is 9.10. The lowest BCUT2D eigenvalue weighted by Gasteiger charge is -2.33. The van der Waals surface area contributed by atoms with Crippen LogP contribution in [-0.2, 0) is 0 Å². The Morgan fingerprint density at radius 2 is 2.07 bits per heavy atom.